The van der Waals surface area contributed by atoms with Crippen molar-refractivity contribution < 1.29 is 13.7 Å². The molecule has 122 valence electrons. The second-order valence-electron chi connectivity index (χ2n) is 5.76. The van der Waals surface area contributed by atoms with Gasteiger partial charge in [0.2, 0.25) is 0 Å². The van der Waals surface area contributed by atoms with Gasteiger partial charge in [0.05, 0.1) is 4.91 Å². The number of amides is 1. The predicted molar refractivity (Wildman–Crippen MR) is 93.8 cm³/mol. The lowest BCUT2D eigenvalue weighted by Crippen LogP contribution is -2.16. The van der Waals surface area contributed by atoms with Crippen LogP contribution in [0.3, 0.4) is 0 Å². The molecule has 2 atom stereocenters. The minimum Gasteiger partial charge on any atom is -0.486 e. The number of hydrogen-bond acceptors (Lipinski definition) is 3. The number of ether oxygens (including phenoxy) is 1. The van der Waals surface area contributed by atoms with E-state index >= 15 is 0 Å². The number of nitrogens with one attached hydrogen (secondary N) is 1. The molecule has 0 saturated heterocycles. The summed E-state index contributed by atoms with van der Waals surface area (Å²) >= 11 is 6.03. The molecule has 0 saturated carbocycles. The van der Waals surface area contributed by atoms with Gasteiger partial charge in [-0.3, -0.25) is 9.52 Å². The van der Waals surface area contributed by atoms with Crippen LogP contribution in [0.1, 0.15) is 29.2 Å². The SMILES string of the molecule is O=C1C=C(c2ccc(OC3CCc4cc(Cl)ccc43)cc2)S(=O)N1. The second-order valence-corrected chi connectivity index (χ2v) is 7.37. The van der Waals surface area contributed by atoms with Gasteiger partial charge in [0, 0.05) is 11.1 Å². The van der Waals surface area contributed by atoms with Gasteiger partial charge in [-0.05, 0) is 53.8 Å². The molecule has 0 aromatic heterocycles. The Bertz CT molecular complexity index is 876. The summed E-state index contributed by atoms with van der Waals surface area (Å²) in [5, 5.41) is 0.750. The highest BCUT2D eigenvalue weighted by Crippen LogP contribution is 2.36. The Balaban J connectivity index is 1.52. The van der Waals surface area contributed by atoms with Crippen molar-refractivity contribution in [3.8, 4) is 5.75 Å². The molecule has 1 aliphatic heterocycles. The van der Waals surface area contributed by atoms with Gasteiger partial charge < -0.3 is 4.74 Å². The molecule has 0 spiro atoms. The van der Waals surface area contributed by atoms with Gasteiger partial charge in [0.1, 0.15) is 11.9 Å². The summed E-state index contributed by atoms with van der Waals surface area (Å²) in [7, 11) is -1.48. The first kappa shape index (κ1) is 15.4. The van der Waals surface area contributed by atoms with Crippen LogP contribution in [-0.2, 0) is 22.2 Å². The third-order valence-electron chi connectivity index (χ3n) is 4.20. The molecule has 1 amide bonds. The molecule has 1 heterocycles. The summed E-state index contributed by atoms with van der Waals surface area (Å²) in [6, 6.07) is 13.2. The number of aryl methyl sites for hydroxylation is 1. The van der Waals surface area contributed by atoms with Crippen LogP contribution in [0, 0.1) is 0 Å². The fraction of sp³-hybridized carbons (Fsp3) is 0.167. The Morgan fingerprint density at radius 3 is 2.67 bits per heavy atom. The average Bonchev–Trinajstić information content (AvgIpc) is 3.11. The lowest BCUT2D eigenvalue weighted by Gasteiger charge is -2.15. The average molecular weight is 360 g/mol. The van der Waals surface area contributed by atoms with Gasteiger partial charge in [-0.25, -0.2) is 4.21 Å². The Morgan fingerprint density at radius 2 is 1.96 bits per heavy atom. The van der Waals surface area contributed by atoms with Crippen molar-refractivity contribution in [2.24, 2.45) is 0 Å². The number of halogens is 1. The summed E-state index contributed by atoms with van der Waals surface area (Å²) in [6.07, 6.45) is 3.26. The van der Waals surface area contributed by atoms with E-state index in [2.05, 4.69) is 4.72 Å². The van der Waals surface area contributed by atoms with E-state index in [0.29, 0.717) is 4.91 Å². The van der Waals surface area contributed by atoms with Gasteiger partial charge in [-0.2, -0.15) is 0 Å². The molecule has 4 rings (SSSR count). The fourth-order valence-corrected chi connectivity index (χ4v) is 4.18. The monoisotopic (exact) mass is 359 g/mol. The van der Waals surface area contributed by atoms with Crippen LogP contribution < -0.4 is 9.46 Å². The van der Waals surface area contributed by atoms with E-state index in [1.807, 2.05) is 42.5 Å². The third kappa shape index (κ3) is 2.85. The van der Waals surface area contributed by atoms with Crippen LogP contribution in [-0.4, -0.2) is 10.1 Å². The molecule has 1 N–H and O–H groups in total. The van der Waals surface area contributed by atoms with E-state index < -0.39 is 11.0 Å². The Kier molecular flexibility index (Phi) is 3.90. The van der Waals surface area contributed by atoms with Crippen LogP contribution in [0.15, 0.2) is 48.5 Å². The smallest absolute Gasteiger partial charge is 0.257 e. The highest BCUT2D eigenvalue weighted by atomic mass is 35.5. The normalized spacial score (nSPS) is 22.0. The second kappa shape index (κ2) is 6.07. The molecule has 2 unspecified atom stereocenters. The summed E-state index contributed by atoms with van der Waals surface area (Å²) in [6.45, 7) is 0. The van der Waals surface area contributed by atoms with E-state index in [1.54, 1.807) is 0 Å². The van der Waals surface area contributed by atoms with Crippen molar-refractivity contribution in [1.82, 2.24) is 4.72 Å². The molecule has 1 aliphatic carbocycles. The van der Waals surface area contributed by atoms with Crippen LogP contribution in [0.25, 0.3) is 4.91 Å². The van der Waals surface area contributed by atoms with Gasteiger partial charge in [-0.15, -0.1) is 0 Å². The number of rotatable bonds is 3. The summed E-state index contributed by atoms with van der Waals surface area (Å²) in [5.74, 6) is 0.417. The number of carbonyl (C=O) groups is 1. The van der Waals surface area contributed by atoms with E-state index in [9.17, 15) is 9.00 Å². The third-order valence-corrected chi connectivity index (χ3v) is 5.57. The maximum absolute atomic E-state index is 11.8. The van der Waals surface area contributed by atoms with E-state index in [-0.39, 0.29) is 12.0 Å². The quantitative estimate of drug-likeness (QED) is 0.911. The molecule has 0 radical (unpaired) electrons. The molecule has 4 nitrogen and oxygen atoms in total. The number of hydrogen-bond donors (Lipinski definition) is 1. The van der Waals surface area contributed by atoms with Crippen LogP contribution in [0.2, 0.25) is 5.02 Å². The molecule has 0 fully saturated rings. The molecule has 2 aromatic carbocycles. The molecule has 2 aliphatic rings. The van der Waals surface area contributed by atoms with Crippen LogP contribution >= 0.6 is 11.6 Å². The number of carbonyl (C=O) groups excluding carboxylic acids is 1. The summed E-state index contributed by atoms with van der Waals surface area (Å²) in [4.78, 5) is 11.8. The highest BCUT2D eigenvalue weighted by molar-refractivity contribution is 7.93. The van der Waals surface area contributed by atoms with Crippen LogP contribution in [0.4, 0.5) is 0 Å². The molecule has 6 heteroatoms. The number of fused-ring (bicyclic) bond motifs is 1. The summed E-state index contributed by atoms with van der Waals surface area (Å²) in [5.41, 5.74) is 3.16. The Morgan fingerprint density at radius 1 is 1.17 bits per heavy atom. The number of benzene rings is 2. The van der Waals surface area contributed by atoms with Crippen molar-refractivity contribution in [1.29, 1.82) is 0 Å². The molecule has 2 aromatic rings. The zero-order valence-corrected chi connectivity index (χ0v) is 14.2. The Hall–Kier alpha value is -2.11. The lowest BCUT2D eigenvalue weighted by atomic mass is 10.1. The van der Waals surface area contributed by atoms with Gasteiger partial charge in [0.25, 0.3) is 5.91 Å². The van der Waals surface area contributed by atoms with Crippen LogP contribution in [0.5, 0.6) is 5.75 Å². The zero-order chi connectivity index (χ0) is 16.7. The van der Waals surface area contributed by atoms with Crippen molar-refractivity contribution >= 4 is 33.4 Å². The maximum atomic E-state index is 11.8. The summed E-state index contributed by atoms with van der Waals surface area (Å²) < 4.78 is 20.2. The van der Waals surface area contributed by atoms with Crippen molar-refractivity contribution in [3.05, 3.63) is 70.3 Å². The first-order chi connectivity index (χ1) is 11.6. The molecule has 24 heavy (non-hydrogen) atoms. The maximum Gasteiger partial charge on any atom is 0.257 e. The first-order valence-corrected chi connectivity index (χ1v) is 9.12. The minimum atomic E-state index is -1.48. The molecule has 0 bridgehead atoms. The molecular formula is C18H14ClNO3S. The van der Waals surface area contributed by atoms with E-state index in [0.717, 1.165) is 29.2 Å². The highest BCUT2D eigenvalue weighted by Gasteiger charge is 2.25. The van der Waals surface area contributed by atoms with Gasteiger partial charge in [-0.1, -0.05) is 29.8 Å². The Labute approximate surface area is 147 Å². The van der Waals surface area contributed by atoms with E-state index in [4.69, 9.17) is 16.3 Å². The van der Waals surface area contributed by atoms with Gasteiger partial charge in [0.15, 0.2) is 11.0 Å². The standard InChI is InChI=1S/C18H14ClNO3S/c19-13-4-7-15-12(9-13)3-8-16(15)23-14-5-1-11(2-6-14)17-10-18(21)20-24(17)22/h1-2,4-7,9-10,16H,3,8H2,(H,20,21). The van der Waals surface area contributed by atoms with Crippen molar-refractivity contribution in [2.45, 2.75) is 18.9 Å². The largest absolute Gasteiger partial charge is 0.486 e. The predicted octanol–water partition coefficient (Wildman–Crippen LogP) is 3.54. The minimum absolute atomic E-state index is 0.0196. The fourth-order valence-electron chi connectivity index (χ4n) is 3.07. The van der Waals surface area contributed by atoms with Gasteiger partial charge >= 0.3 is 0 Å². The lowest BCUT2D eigenvalue weighted by molar-refractivity contribution is -0.114. The topological polar surface area (TPSA) is 55.4 Å². The molecular weight excluding hydrogens is 346 g/mol. The van der Waals surface area contributed by atoms with Crippen molar-refractivity contribution in [2.75, 3.05) is 0 Å². The first-order valence-electron chi connectivity index (χ1n) is 7.60. The van der Waals surface area contributed by atoms with E-state index in [1.165, 1.54) is 17.2 Å². The zero-order valence-electron chi connectivity index (χ0n) is 12.6. The van der Waals surface area contributed by atoms with Crippen molar-refractivity contribution in [3.63, 3.8) is 0 Å².